The van der Waals surface area contributed by atoms with Crippen LogP contribution in [0.25, 0.3) is 0 Å². The summed E-state index contributed by atoms with van der Waals surface area (Å²) in [5.74, 6) is -0.547. The fourth-order valence-corrected chi connectivity index (χ4v) is 3.91. The smallest absolute Gasteiger partial charge is 0.462 e. The second kappa shape index (κ2) is 15.1. The zero-order chi connectivity index (χ0) is 22.3. The van der Waals surface area contributed by atoms with Crippen molar-refractivity contribution in [3.63, 3.8) is 0 Å². The molecule has 0 amide bonds. The fraction of sp³-hybridized carbons (Fsp3) is 0.857. The summed E-state index contributed by atoms with van der Waals surface area (Å²) in [6.07, 6.45) is 7.18. The number of esters is 1. The lowest BCUT2D eigenvalue weighted by atomic mass is 10.0. The molecule has 2 N–H and O–H groups in total. The second-order valence-electron chi connectivity index (χ2n) is 8.11. The van der Waals surface area contributed by atoms with Crippen LogP contribution in [0, 0.1) is 5.92 Å². The Kier molecular flexibility index (Phi) is 14.8. The van der Waals surface area contributed by atoms with Gasteiger partial charge in [0.2, 0.25) is 0 Å². The lowest BCUT2D eigenvalue weighted by molar-refractivity contribution is -0.932. The molecule has 1 unspecified atom stereocenters. The van der Waals surface area contributed by atoms with Gasteiger partial charge >= 0.3 is 13.8 Å². The molecule has 0 heterocycles. The standard InChI is InChI=1S/C21H42NO6P/c1-6-9-13-22(14-10-7-2,15-11-8-3)17-20(18-28-29(24,25)26)12-16-27-21(23)19(4)5/h20H,4,6-18H2,1-3,5H3,(H-,24,25,26)/p+1. The van der Waals surface area contributed by atoms with E-state index in [2.05, 4.69) is 27.4 Å². The van der Waals surface area contributed by atoms with Crippen molar-refractivity contribution in [2.75, 3.05) is 39.4 Å². The van der Waals surface area contributed by atoms with Crippen molar-refractivity contribution < 1.29 is 32.9 Å². The van der Waals surface area contributed by atoms with Crippen LogP contribution in [0.1, 0.15) is 72.6 Å². The molecule has 0 saturated carbocycles. The van der Waals surface area contributed by atoms with Crippen molar-refractivity contribution >= 4 is 13.8 Å². The highest BCUT2D eigenvalue weighted by atomic mass is 31.2. The number of unbranched alkanes of at least 4 members (excludes halogenated alkanes) is 3. The summed E-state index contributed by atoms with van der Waals surface area (Å²) in [5.41, 5.74) is 0.340. The van der Waals surface area contributed by atoms with Crippen LogP contribution in [0.4, 0.5) is 0 Å². The lowest BCUT2D eigenvalue weighted by Crippen LogP contribution is -2.53. The van der Waals surface area contributed by atoms with E-state index < -0.39 is 13.8 Å². The van der Waals surface area contributed by atoms with Gasteiger partial charge in [0.05, 0.1) is 39.4 Å². The molecule has 0 radical (unpaired) electrons. The van der Waals surface area contributed by atoms with Crippen LogP contribution in [0.2, 0.25) is 0 Å². The van der Waals surface area contributed by atoms with Gasteiger partial charge in [0.1, 0.15) is 0 Å². The molecule has 0 spiro atoms. The molecule has 29 heavy (non-hydrogen) atoms. The average Bonchev–Trinajstić information content (AvgIpc) is 2.66. The Morgan fingerprint density at radius 3 is 1.90 bits per heavy atom. The Balaban J connectivity index is 5.33. The molecule has 172 valence electrons. The summed E-state index contributed by atoms with van der Waals surface area (Å²) in [7, 11) is -4.54. The number of phosphoric ester groups is 1. The van der Waals surface area contributed by atoms with Crippen LogP contribution in [0.15, 0.2) is 12.2 Å². The molecule has 8 heteroatoms. The van der Waals surface area contributed by atoms with Crippen molar-refractivity contribution in [2.45, 2.75) is 72.6 Å². The van der Waals surface area contributed by atoms with Crippen molar-refractivity contribution in [3.8, 4) is 0 Å². The number of hydrogen-bond donors (Lipinski definition) is 2. The van der Waals surface area contributed by atoms with Gasteiger partial charge in [-0.15, -0.1) is 0 Å². The molecule has 0 aromatic heterocycles. The van der Waals surface area contributed by atoms with Crippen molar-refractivity contribution in [3.05, 3.63) is 12.2 Å². The number of nitrogens with zero attached hydrogens (tertiary/aromatic N) is 1. The average molecular weight is 437 g/mol. The number of rotatable bonds is 18. The maximum absolute atomic E-state index is 11.7. The molecule has 0 bridgehead atoms. The molecule has 7 nitrogen and oxygen atoms in total. The Hall–Kier alpha value is -0.720. The van der Waals surface area contributed by atoms with E-state index >= 15 is 0 Å². The van der Waals surface area contributed by atoms with Gasteiger partial charge in [0.15, 0.2) is 0 Å². The minimum atomic E-state index is -4.54. The highest BCUT2D eigenvalue weighted by molar-refractivity contribution is 7.46. The third-order valence-corrected chi connectivity index (χ3v) is 5.68. The van der Waals surface area contributed by atoms with E-state index in [0.717, 1.165) is 69.2 Å². The SMILES string of the molecule is C=C(C)C(=O)OCCC(COP(=O)(O)O)C[N+](CCCC)(CCCC)CCCC. The number of carbonyl (C=O) groups excluding carboxylic acids is 1. The molecule has 0 aliphatic heterocycles. The first-order chi connectivity index (χ1) is 13.6. The summed E-state index contributed by atoms with van der Waals surface area (Å²) in [6.45, 7) is 15.8. The molecule has 0 aromatic rings. The van der Waals surface area contributed by atoms with E-state index in [-0.39, 0.29) is 19.1 Å². The van der Waals surface area contributed by atoms with Gasteiger partial charge in [-0.2, -0.15) is 0 Å². The molecule has 0 saturated heterocycles. The van der Waals surface area contributed by atoms with Crippen LogP contribution >= 0.6 is 7.82 Å². The number of hydrogen-bond acceptors (Lipinski definition) is 4. The topological polar surface area (TPSA) is 93.1 Å². The predicted molar refractivity (Wildman–Crippen MR) is 116 cm³/mol. The van der Waals surface area contributed by atoms with Gasteiger partial charge in [0.25, 0.3) is 0 Å². The molecule has 1 atom stereocenters. The van der Waals surface area contributed by atoms with E-state index in [1.807, 2.05) is 0 Å². The fourth-order valence-electron chi connectivity index (χ4n) is 3.51. The van der Waals surface area contributed by atoms with Gasteiger partial charge in [-0.3, -0.25) is 4.52 Å². The minimum Gasteiger partial charge on any atom is -0.462 e. The Bertz CT molecular complexity index is 498. The van der Waals surface area contributed by atoms with Gasteiger partial charge in [0, 0.05) is 11.5 Å². The van der Waals surface area contributed by atoms with Crippen molar-refractivity contribution in [2.24, 2.45) is 5.92 Å². The highest BCUT2D eigenvalue weighted by Gasteiger charge is 2.31. The Morgan fingerprint density at radius 2 is 1.52 bits per heavy atom. The van der Waals surface area contributed by atoms with Gasteiger partial charge in [-0.05, 0) is 32.6 Å². The zero-order valence-corrected chi connectivity index (χ0v) is 19.8. The molecule has 0 aliphatic rings. The van der Waals surface area contributed by atoms with E-state index in [9.17, 15) is 9.36 Å². The van der Waals surface area contributed by atoms with Crippen LogP contribution in [0.3, 0.4) is 0 Å². The van der Waals surface area contributed by atoms with Crippen LogP contribution in [-0.2, 0) is 18.6 Å². The minimum absolute atomic E-state index is 0.0424. The van der Waals surface area contributed by atoms with Crippen LogP contribution < -0.4 is 0 Å². The molecule has 0 fully saturated rings. The summed E-state index contributed by atoms with van der Waals surface area (Å²) < 4.78 is 22.3. The maximum atomic E-state index is 11.7. The normalized spacial score (nSPS) is 13.3. The van der Waals surface area contributed by atoms with Gasteiger partial charge in [-0.1, -0.05) is 46.6 Å². The first kappa shape index (κ1) is 28.3. The van der Waals surface area contributed by atoms with Crippen molar-refractivity contribution in [1.29, 1.82) is 0 Å². The summed E-state index contributed by atoms with van der Waals surface area (Å²) in [6, 6.07) is 0. The Labute approximate surface area is 177 Å². The van der Waals surface area contributed by atoms with Gasteiger partial charge in [-0.25, -0.2) is 9.36 Å². The summed E-state index contributed by atoms with van der Waals surface area (Å²) >= 11 is 0. The molecular weight excluding hydrogens is 393 g/mol. The van der Waals surface area contributed by atoms with E-state index in [4.69, 9.17) is 19.0 Å². The van der Waals surface area contributed by atoms with Crippen LogP contribution in [-0.4, -0.2) is 59.6 Å². The molecule has 0 aliphatic carbocycles. The molecule has 0 aromatic carbocycles. The third kappa shape index (κ3) is 14.0. The highest BCUT2D eigenvalue weighted by Crippen LogP contribution is 2.37. The van der Waals surface area contributed by atoms with Crippen LogP contribution in [0.5, 0.6) is 0 Å². The monoisotopic (exact) mass is 436 g/mol. The first-order valence-electron chi connectivity index (χ1n) is 11.0. The van der Waals surface area contributed by atoms with E-state index in [1.165, 1.54) is 0 Å². The first-order valence-corrected chi connectivity index (χ1v) is 12.5. The second-order valence-corrected chi connectivity index (χ2v) is 9.35. The predicted octanol–water partition coefficient (Wildman–Crippen LogP) is 4.44. The quantitative estimate of drug-likeness (QED) is 0.143. The van der Waals surface area contributed by atoms with E-state index in [0.29, 0.717) is 12.0 Å². The number of phosphoric acid groups is 1. The summed E-state index contributed by atoms with van der Waals surface area (Å²) in [4.78, 5) is 30.0. The third-order valence-electron chi connectivity index (χ3n) is 5.19. The van der Waals surface area contributed by atoms with E-state index in [1.54, 1.807) is 6.92 Å². The zero-order valence-electron chi connectivity index (χ0n) is 18.9. The molecule has 0 rings (SSSR count). The number of carbonyl (C=O) groups is 1. The Morgan fingerprint density at radius 1 is 1.03 bits per heavy atom. The lowest BCUT2D eigenvalue weighted by Gasteiger charge is -2.41. The van der Waals surface area contributed by atoms with Crippen molar-refractivity contribution in [1.82, 2.24) is 0 Å². The number of ether oxygens (including phenoxy) is 1. The largest absolute Gasteiger partial charge is 0.469 e. The summed E-state index contributed by atoms with van der Waals surface area (Å²) in [5, 5.41) is 0. The molecular formula is C21H43NO6P+. The van der Waals surface area contributed by atoms with Gasteiger partial charge < -0.3 is 19.0 Å². The maximum Gasteiger partial charge on any atom is 0.469 e. The number of quaternary nitrogens is 1.